The number of allylic oxidation sites excluding steroid dienone is 4. The Labute approximate surface area is 200 Å². The van der Waals surface area contributed by atoms with Crippen molar-refractivity contribution >= 4 is 34.4 Å². The first-order valence-corrected chi connectivity index (χ1v) is 12.0. The van der Waals surface area contributed by atoms with Gasteiger partial charge in [-0.15, -0.1) is 0 Å². The molecule has 2 aliphatic carbocycles. The number of ketones is 2. The van der Waals surface area contributed by atoms with Crippen LogP contribution in [-0.4, -0.2) is 23.2 Å². The van der Waals surface area contributed by atoms with Gasteiger partial charge in [-0.05, 0) is 41.5 Å². The number of benzene rings is 2. The number of carbonyl (C=O) groups excluding carboxylic acids is 3. The molecule has 4 rings (SSSR count). The summed E-state index contributed by atoms with van der Waals surface area (Å²) in [6.45, 7) is 3.81. The van der Waals surface area contributed by atoms with E-state index in [2.05, 4.69) is 12.1 Å². The molecule has 0 saturated heterocycles. The van der Waals surface area contributed by atoms with Crippen LogP contribution in [0.5, 0.6) is 0 Å². The topological polar surface area (TPSA) is 72.8 Å². The molecule has 5 heteroatoms. The Morgan fingerprint density at radius 3 is 2.38 bits per heavy atom. The lowest BCUT2D eigenvalue weighted by molar-refractivity contribution is -0.143. The Morgan fingerprint density at radius 2 is 1.62 bits per heavy atom. The highest BCUT2D eigenvalue weighted by molar-refractivity contribution is 6.56. The van der Waals surface area contributed by atoms with E-state index in [-0.39, 0.29) is 23.7 Å². The van der Waals surface area contributed by atoms with Gasteiger partial charge in [-0.2, -0.15) is 0 Å². The van der Waals surface area contributed by atoms with Gasteiger partial charge in [0.25, 0.3) is 0 Å². The van der Waals surface area contributed by atoms with Crippen LogP contribution in [-0.2, 0) is 20.8 Å². The second-order valence-corrected chi connectivity index (χ2v) is 8.65. The standard InChI is InChI=1S/C29H29NO4/c1-3-5-6-7-15-26(30-34-27(31)4-2)29(33)24-17-16-19-18-25-21(24)13-10-14-23(25)28(32)22-12-9-8-11-20(19)22/h8-14,16-17H,3-7,15,18H2,1-2H3/b30-26+. The Hall–Kier alpha value is -3.60. The van der Waals surface area contributed by atoms with Gasteiger partial charge in [0.2, 0.25) is 5.78 Å². The number of hydrogen-bond acceptors (Lipinski definition) is 5. The van der Waals surface area contributed by atoms with E-state index in [9.17, 15) is 14.4 Å². The lowest BCUT2D eigenvalue weighted by atomic mass is 9.88. The smallest absolute Gasteiger partial charge is 0.318 e. The highest BCUT2D eigenvalue weighted by atomic mass is 16.7. The Balaban J connectivity index is 1.78. The second-order valence-electron chi connectivity index (χ2n) is 8.65. The van der Waals surface area contributed by atoms with E-state index in [0.717, 1.165) is 47.9 Å². The van der Waals surface area contributed by atoms with Crippen LogP contribution in [0.1, 0.15) is 85.0 Å². The van der Waals surface area contributed by atoms with Crippen LogP contribution in [0.15, 0.2) is 59.8 Å². The highest BCUT2D eigenvalue weighted by Gasteiger charge is 2.30. The minimum atomic E-state index is -0.477. The zero-order chi connectivity index (χ0) is 24.1. The summed E-state index contributed by atoms with van der Waals surface area (Å²) < 4.78 is 0. The third-order valence-electron chi connectivity index (χ3n) is 6.37. The van der Waals surface area contributed by atoms with Gasteiger partial charge in [0, 0.05) is 23.1 Å². The number of carbonyl (C=O) groups is 3. The normalized spacial score (nSPS) is 14.4. The van der Waals surface area contributed by atoms with Gasteiger partial charge in [-0.3, -0.25) is 9.59 Å². The molecular formula is C29H29NO4. The van der Waals surface area contributed by atoms with Crippen molar-refractivity contribution < 1.29 is 19.2 Å². The van der Waals surface area contributed by atoms with E-state index in [0.29, 0.717) is 29.5 Å². The molecule has 5 nitrogen and oxygen atoms in total. The third-order valence-corrected chi connectivity index (χ3v) is 6.37. The summed E-state index contributed by atoms with van der Waals surface area (Å²) in [5, 5.41) is 3.99. The molecule has 0 unspecified atom stereocenters. The minimum Gasteiger partial charge on any atom is -0.318 e. The van der Waals surface area contributed by atoms with E-state index in [4.69, 9.17) is 4.84 Å². The molecule has 0 heterocycles. The summed E-state index contributed by atoms with van der Waals surface area (Å²) in [5.74, 6) is -0.775. The summed E-state index contributed by atoms with van der Waals surface area (Å²) in [5.41, 5.74) is 5.48. The number of nitrogens with zero attached hydrogens (tertiary/aromatic N) is 1. The predicted octanol–water partition coefficient (Wildman–Crippen LogP) is 6.10. The maximum absolute atomic E-state index is 13.7. The van der Waals surface area contributed by atoms with Gasteiger partial charge in [-0.25, -0.2) is 4.79 Å². The first-order valence-electron chi connectivity index (χ1n) is 12.0. The molecule has 0 atom stereocenters. The number of unbranched alkanes of at least 4 members (excludes halogenated alkanes) is 3. The molecule has 0 amide bonds. The fraction of sp³-hybridized carbons (Fsp3) is 0.310. The molecular weight excluding hydrogens is 426 g/mol. The number of Topliss-reactive ketones (excluding diaryl/α,β-unsaturated/α-hetero) is 1. The molecule has 0 aliphatic heterocycles. The van der Waals surface area contributed by atoms with Gasteiger partial charge in [-0.1, -0.05) is 92.9 Å². The largest absolute Gasteiger partial charge is 0.334 e. The van der Waals surface area contributed by atoms with Crippen LogP contribution < -0.4 is 0 Å². The average molecular weight is 456 g/mol. The summed E-state index contributed by atoms with van der Waals surface area (Å²) in [6, 6.07) is 13.1. The lowest BCUT2D eigenvalue weighted by Crippen LogP contribution is -2.18. The monoisotopic (exact) mass is 455 g/mol. The van der Waals surface area contributed by atoms with Crippen molar-refractivity contribution in [1.82, 2.24) is 0 Å². The summed E-state index contributed by atoms with van der Waals surface area (Å²) in [7, 11) is 0. The Bertz CT molecular complexity index is 1230. The van der Waals surface area contributed by atoms with Crippen LogP contribution in [0, 0.1) is 0 Å². The van der Waals surface area contributed by atoms with Gasteiger partial charge in [0.15, 0.2) is 5.78 Å². The third kappa shape index (κ3) is 4.69. The molecule has 0 aromatic heterocycles. The minimum absolute atomic E-state index is 0.0325. The molecule has 0 radical (unpaired) electrons. The fourth-order valence-corrected chi connectivity index (χ4v) is 4.50. The molecule has 2 bridgehead atoms. The van der Waals surface area contributed by atoms with E-state index < -0.39 is 5.97 Å². The van der Waals surface area contributed by atoms with Crippen LogP contribution in [0.25, 0.3) is 11.1 Å². The zero-order valence-electron chi connectivity index (χ0n) is 19.7. The number of hydrogen-bond donors (Lipinski definition) is 0. The summed E-state index contributed by atoms with van der Waals surface area (Å²) >= 11 is 0. The highest BCUT2D eigenvalue weighted by Crippen LogP contribution is 2.38. The van der Waals surface area contributed by atoms with Crippen LogP contribution in [0.4, 0.5) is 0 Å². The molecule has 0 saturated carbocycles. The Kier molecular flexibility index (Phi) is 7.31. The van der Waals surface area contributed by atoms with Crippen molar-refractivity contribution in [2.24, 2.45) is 5.16 Å². The number of fused-ring (bicyclic) bond motifs is 3. The first-order chi connectivity index (χ1) is 16.5. The fourth-order valence-electron chi connectivity index (χ4n) is 4.50. The zero-order valence-corrected chi connectivity index (χ0v) is 19.7. The summed E-state index contributed by atoms with van der Waals surface area (Å²) in [4.78, 5) is 43.8. The predicted molar refractivity (Wildman–Crippen MR) is 134 cm³/mol. The number of rotatable bonds is 9. The van der Waals surface area contributed by atoms with E-state index in [1.165, 1.54) is 0 Å². The first kappa shape index (κ1) is 23.6. The second kappa shape index (κ2) is 10.6. The van der Waals surface area contributed by atoms with Gasteiger partial charge < -0.3 is 4.84 Å². The van der Waals surface area contributed by atoms with Crippen LogP contribution in [0.3, 0.4) is 0 Å². The maximum atomic E-state index is 13.7. The van der Waals surface area contributed by atoms with Crippen molar-refractivity contribution in [1.29, 1.82) is 0 Å². The lowest BCUT2D eigenvalue weighted by Gasteiger charge is -2.14. The quantitative estimate of drug-likeness (QED) is 0.198. The van der Waals surface area contributed by atoms with Gasteiger partial charge in [0.1, 0.15) is 5.71 Å². The molecule has 34 heavy (non-hydrogen) atoms. The van der Waals surface area contributed by atoms with Crippen molar-refractivity contribution in [2.75, 3.05) is 0 Å². The number of oxime groups is 1. The van der Waals surface area contributed by atoms with E-state index in [1.54, 1.807) is 6.92 Å². The van der Waals surface area contributed by atoms with Gasteiger partial charge >= 0.3 is 5.97 Å². The summed E-state index contributed by atoms with van der Waals surface area (Å²) in [6.07, 6.45) is 8.84. The van der Waals surface area contributed by atoms with Crippen molar-refractivity contribution in [3.8, 4) is 0 Å². The molecule has 2 aromatic carbocycles. The SMILES string of the molecule is CCCCCC/C(=N\OC(=O)CC)C(=O)C1=CC=C2Cc3c(cccc31)C(=O)c1ccccc12. The van der Waals surface area contributed by atoms with Crippen molar-refractivity contribution in [3.63, 3.8) is 0 Å². The van der Waals surface area contributed by atoms with Crippen LogP contribution in [0.2, 0.25) is 0 Å². The van der Waals surface area contributed by atoms with E-state index >= 15 is 0 Å². The molecule has 2 aliphatic rings. The van der Waals surface area contributed by atoms with Crippen molar-refractivity contribution in [2.45, 2.75) is 58.8 Å². The Morgan fingerprint density at radius 1 is 0.882 bits per heavy atom. The van der Waals surface area contributed by atoms with E-state index in [1.807, 2.05) is 54.6 Å². The maximum Gasteiger partial charge on any atom is 0.334 e. The average Bonchev–Trinajstić information content (AvgIpc) is 3.13. The van der Waals surface area contributed by atoms with Crippen molar-refractivity contribution in [3.05, 3.63) is 82.4 Å². The molecule has 0 spiro atoms. The molecule has 2 aromatic rings. The molecule has 174 valence electrons. The van der Waals surface area contributed by atoms with Gasteiger partial charge in [0.05, 0.1) is 0 Å². The van der Waals surface area contributed by atoms with Crippen LogP contribution >= 0.6 is 0 Å². The molecule has 0 fully saturated rings. The molecule has 0 N–H and O–H groups in total.